The number of nitrogens with one attached hydrogen (secondary N) is 2. The first-order valence-corrected chi connectivity index (χ1v) is 21.8. The summed E-state index contributed by atoms with van der Waals surface area (Å²) in [6, 6.07) is 22.7. The van der Waals surface area contributed by atoms with E-state index < -0.39 is 18.5 Å². The van der Waals surface area contributed by atoms with Crippen LogP contribution in [0.4, 0.5) is 30.2 Å². The highest BCUT2D eigenvalue weighted by molar-refractivity contribution is 6.28. The van der Waals surface area contributed by atoms with Crippen LogP contribution in [-0.2, 0) is 48.0 Å². The minimum atomic E-state index is -4.64. The molecule has 0 aliphatic carbocycles. The van der Waals surface area contributed by atoms with Gasteiger partial charge in [-0.15, -0.1) is 0 Å². The summed E-state index contributed by atoms with van der Waals surface area (Å²) in [7, 11) is 0. The van der Waals surface area contributed by atoms with Crippen molar-refractivity contribution >= 4 is 70.6 Å². The maximum atomic E-state index is 13.7. The molecule has 3 heterocycles. The standard InChI is InChI=1S/C48H51N7O6.C2HF3O/c1-3-23-54(24-4-2)48(61)37-27-35-16-17-36(28-40(35)52-43(49)29-37)47(60)51-38-25-34(30-50-31-38)15-20-42(56)41(26-33-9-6-5-7-10-33)53-44(57)12-8-11-32-13-18-39(19-14-32)55-45(58)21-22-46(55)59;3-2(4,5)1-6/h5-7,9-10,13-14,16-19,21-22,25,27-28,30-31,41H,3-4,8,11-12,15,20,23-24,26,29H2,1-2H3,(H2,49,52)(H,51,60)(H,53,57);1H/t41-;/m0./s1. The van der Waals surface area contributed by atoms with Crippen LogP contribution in [0.2, 0.25) is 0 Å². The monoisotopic (exact) mass is 919 g/mol. The summed E-state index contributed by atoms with van der Waals surface area (Å²) in [5.41, 5.74) is 11.9. The van der Waals surface area contributed by atoms with Gasteiger partial charge in [-0.2, -0.15) is 13.2 Å². The highest BCUT2D eigenvalue weighted by Gasteiger charge is 2.27. The summed E-state index contributed by atoms with van der Waals surface area (Å²) in [5.74, 6) is -1.29. The largest absolute Gasteiger partial charge is 0.446 e. The Labute approximate surface area is 386 Å². The minimum absolute atomic E-state index is 0.0639. The summed E-state index contributed by atoms with van der Waals surface area (Å²) >= 11 is 0. The van der Waals surface area contributed by atoms with Crippen LogP contribution in [-0.4, -0.2) is 82.6 Å². The number of Topliss-reactive ketones (excluding diaryl/α,β-unsaturated/α-hetero) is 1. The van der Waals surface area contributed by atoms with Crippen LogP contribution in [0.3, 0.4) is 0 Å². The van der Waals surface area contributed by atoms with E-state index in [4.69, 9.17) is 10.5 Å². The summed E-state index contributed by atoms with van der Waals surface area (Å²) in [4.78, 5) is 98.2. The van der Waals surface area contributed by atoms with Crippen LogP contribution in [0, 0.1) is 0 Å². The summed E-state index contributed by atoms with van der Waals surface area (Å²) < 4.78 is 31.2. The molecule has 5 amide bonds. The molecule has 0 fully saturated rings. The molecular formula is C50H52F3N7O7. The lowest BCUT2D eigenvalue weighted by molar-refractivity contribution is -0.156. The second-order valence-electron chi connectivity index (χ2n) is 15.9. The predicted octanol–water partition coefficient (Wildman–Crippen LogP) is 7.19. The van der Waals surface area contributed by atoms with E-state index in [0.717, 1.165) is 34.4 Å². The summed E-state index contributed by atoms with van der Waals surface area (Å²) in [5, 5.41) is 5.85. The smallest absolute Gasteiger partial charge is 0.387 e. The Morgan fingerprint density at radius 2 is 1.52 bits per heavy atom. The number of fused-ring (bicyclic) bond motifs is 1. The SMILES string of the molecule is CCCN(CCC)C(=O)C1=Cc2ccc(C(=O)Nc3cncc(CCC(=O)[C@H](Cc4ccccc4)NC(=O)CCCc4ccc(N5C(=O)C=CC5=O)cc4)c3)cc2N=C(N)C1.O=CC(F)(F)F. The van der Waals surface area contributed by atoms with Crippen molar-refractivity contribution in [3.8, 4) is 0 Å². The average Bonchev–Trinajstić information content (AvgIpc) is 3.54. The molecule has 0 saturated heterocycles. The molecule has 2 aliphatic rings. The van der Waals surface area contributed by atoms with Gasteiger partial charge in [0, 0.05) is 67.4 Å². The Bertz CT molecular complexity index is 2520. The normalized spacial score (nSPS) is 13.5. The van der Waals surface area contributed by atoms with E-state index in [1.807, 2.05) is 61.2 Å². The quantitative estimate of drug-likeness (QED) is 0.0643. The molecule has 4 aromatic rings. The van der Waals surface area contributed by atoms with E-state index in [2.05, 4.69) is 20.6 Å². The first kappa shape index (κ1) is 50.4. The number of ketones is 1. The molecule has 4 N–H and O–H groups in total. The third kappa shape index (κ3) is 15.3. The maximum absolute atomic E-state index is 13.7. The Balaban J connectivity index is 0.00000131. The van der Waals surface area contributed by atoms with E-state index in [-0.39, 0.29) is 60.4 Å². The van der Waals surface area contributed by atoms with E-state index in [1.54, 1.807) is 48.7 Å². The van der Waals surface area contributed by atoms with Crippen molar-refractivity contribution in [2.24, 2.45) is 10.7 Å². The molecule has 0 radical (unpaired) electrons. The van der Waals surface area contributed by atoms with Crippen LogP contribution in [0.15, 0.2) is 114 Å². The van der Waals surface area contributed by atoms with Crippen molar-refractivity contribution in [1.29, 1.82) is 0 Å². The Hall–Kier alpha value is -7.56. The number of aliphatic imine (C=N–C) groups is 1. The number of carbonyl (C=O) groups is 7. The van der Waals surface area contributed by atoms with Crippen molar-refractivity contribution in [3.63, 3.8) is 0 Å². The van der Waals surface area contributed by atoms with Gasteiger partial charge in [0.1, 0.15) is 5.84 Å². The highest BCUT2D eigenvalue weighted by Crippen LogP contribution is 2.29. The van der Waals surface area contributed by atoms with Crippen LogP contribution in [0.25, 0.3) is 6.08 Å². The van der Waals surface area contributed by atoms with Crippen LogP contribution in [0.5, 0.6) is 0 Å². The van der Waals surface area contributed by atoms with Gasteiger partial charge in [-0.1, -0.05) is 62.4 Å². The third-order valence-electron chi connectivity index (χ3n) is 10.5. The fraction of sp³-hybridized carbons (Fsp3) is 0.300. The maximum Gasteiger partial charge on any atom is 0.446 e. The third-order valence-corrected chi connectivity index (χ3v) is 10.5. The second kappa shape index (κ2) is 24.1. The number of aryl methyl sites for hydroxylation is 2. The van der Waals surface area contributed by atoms with Crippen LogP contribution >= 0.6 is 0 Å². The number of amides is 5. The number of hydrogen-bond donors (Lipinski definition) is 3. The molecule has 0 bridgehead atoms. The molecular weight excluding hydrogens is 868 g/mol. The molecule has 0 spiro atoms. The molecule has 17 heteroatoms. The van der Waals surface area contributed by atoms with Crippen molar-refractivity contribution in [2.75, 3.05) is 23.3 Å². The summed E-state index contributed by atoms with van der Waals surface area (Å²) in [6.07, 6.45) is 5.81. The van der Waals surface area contributed by atoms with Crippen molar-refractivity contribution < 1.29 is 46.7 Å². The zero-order valence-corrected chi connectivity index (χ0v) is 37.2. The summed E-state index contributed by atoms with van der Waals surface area (Å²) in [6.45, 7) is 5.38. The number of imide groups is 1. The van der Waals surface area contributed by atoms with Crippen LogP contribution < -0.4 is 21.3 Å². The topological polar surface area (TPSA) is 201 Å². The Morgan fingerprint density at radius 3 is 2.16 bits per heavy atom. The van der Waals surface area contributed by atoms with Gasteiger partial charge in [0.25, 0.3) is 17.7 Å². The Kier molecular flexibility index (Phi) is 18.1. The number of aromatic nitrogens is 1. The molecule has 6 rings (SSSR count). The average molecular weight is 920 g/mol. The second-order valence-corrected chi connectivity index (χ2v) is 15.9. The molecule has 0 saturated carbocycles. The van der Waals surface area contributed by atoms with Crippen molar-refractivity contribution in [3.05, 3.63) is 137 Å². The lowest BCUT2D eigenvalue weighted by atomic mass is 9.97. The number of amidine groups is 1. The number of anilines is 2. The Morgan fingerprint density at radius 1 is 0.851 bits per heavy atom. The minimum Gasteiger partial charge on any atom is -0.387 e. The molecule has 350 valence electrons. The van der Waals surface area contributed by atoms with Gasteiger partial charge < -0.3 is 21.3 Å². The fourth-order valence-electron chi connectivity index (χ4n) is 7.35. The number of pyridine rings is 1. The molecule has 1 aromatic heterocycles. The number of nitrogens with zero attached hydrogens (tertiary/aromatic N) is 4. The molecule has 67 heavy (non-hydrogen) atoms. The van der Waals surface area contributed by atoms with Gasteiger partial charge in [0.2, 0.25) is 18.1 Å². The first-order valence-electron chi connectivity index (χ1n) is 21.8. The number of rotatable bonds is 19. The number of carbonyl (C=O) groups excluding carboxylic acids is 7. The molecule has 14 nitrogen and oxygen atoms in total. The number of hydrogen-bond acceptors (Lipinski definition) is 10. The highest BCUT2D eigenvalue weighted by atomic mass is 19.4. The van der Waals surface area contributed by atoms with Gasteiger partial charge in [-0.05, 0) is 91.6 Å². The van der Waals surface area contributed by atoms with E-state index >= 15 is 0 Å². The van der Waals surface area contributed by atoms with Crippen molar-refractivity contribution in [1.82, 2.24) is 15.2 Å². The predicted molar refractivity (Wildman–Crippen MR) is 248 cm³/mol. The van der Waals surface area contributed by atoms with Gasteiger partial charge in [0.05, 0.1) is 29.3 Å². The number of aldehydes is 1. The molecule has 2 aliphatic heterocycles. The van der Waals surface area contributed by atoms with E-state index in [0.29, 0.717) is 72.5 Å². The van der Waals surface area contributed by atoms with Gasteiger partial charge >= 0.3 is 6.18 Å². The number of alkyl halides is 3. The lowest BCUT2D eigenvalue weighted by Crippen LogP contribution is -2.42. The number of nitrogens with two attached hydrogens (primary N) is 1. The first-order chi connectivity index (χ1) is 32.1. The number of halogens is 3. The van der Waals surface area contributed by atoms with Gasteiger partial charge in [-0.25, -0.2) is 9.89 Å². The zero-order valence-electron chi connectivity index (χ0n) is 37.2. The van der Waals surface area contributed by atoms with E-state index in [9.17, 15) is 41.9 Å². The van der Waals surface area contributed by atoms with Gasteiger partial charge in [-0.3, -0.25) is 38.5 Å². The molecule has 1 atom stereocenters. The lowest BCUT2D eigenvalue weighted by Gasteiger charge is -2.22. The van der Waals surface area contributed by atoms with Crippen molar-refractivity contribution in [2.45, 2.75) is 83.9 Å². The van der Waals surface area contributed by atoms with Crippen LogP contribution in [0.1, 0.15) is 85.0 Å². The zero-order chi connectivity index (χ0) is 48.5. The van der Waals surface area contributed by atoms with E-state index in [1.165, 1.54) is 18.3 Å². The molecule has 0 unspecified atom stereocenters. The van der Waals surface area contributed by atoms with Gasteiger partial charge in [0.15, 0.2) is 5.78 Å². The molecule has 3 aromatic carbocycles. The fourth-order valence-corrected chi connectivity index (χ4v) is 7.35. The number of benzene rings is 3.